The van der Waals surface area contributed by atoms with Crippen LogP contribution in [0.2, 0.25) is 0 Å². The van der Waals surface area contributed by atoms with Crippen molar-refractivity contribution in [1.82, 2.24) is 4.90 Å². The summed E-state index contributed by atoms with van der Waals surface area (Å²) in [6.45, 7) is 2.56. The van der Waals surface area contributed by atoms with Crippen LogP contribution >= 0.6 is 0 Å². The van der Waals surface area contributed by atoms with E-state index in [1.807, 2.05) is 0 Å². The molecule has 116 valence electrons. The molecule has 2 aliphatic heterocycles. The number of nitrogens with zero attached hydrogens (tertiary/aromatic N) is 1. The van der Waals surface area contributed by atoms with Gasteiger partial charge in [0.2, 0.25) is 0 Å². The van der Waals surface area contributed by atoms with Crippen LogP contribution in [0.1, 0.15) is 31.2 Å². The number of aliphatic hydroxyl groups excluding tert-OH is 1. The zero-order valence-corrected chi connectivity index (χ0v) is 12.0. The summed E-state index contributed by atoms with van der Waals surface area (Å²) in [6, 6.07) is 3.56. The van der Waals surface area contributed by atoms with Crippen molar-refractivity contribution in [3.05, 3.63) is 35.4 Å². The summed E-state index contributed by atoms with van der Waals surface area (Å²) in [5.41, 5.74) is -0.0362. The van der Waals surface area contributed by atoms with Crippen molar-refractivity contribution in [2.75, 3.05) is 19.7 Å². The lowest BCUT2D eigenvalue weighted by Crippen LogP contribution is -2.55. The summed E-state index contributed by atoms with van der Waals surface area (Å²) in [4.78, 5) is 2.09. The molecule has 1 atom stereocenters. The molecule has 2 aliphatic rings. The Balaban J connectivity index is 1.62. The summed E-state index contributed by atoms with van der Waals surface area (Å²) in [6.07, 6.45) is 2.77. The fourth-order valence-electron chi connectivity index (χ4n) is 3.38. The molecule has 21 heavy (non-hydrogen) atoms. The normalized spacial score (nSPS) is 26.1. The Labute approximate surface area is 123 Å². The van der Waals surface area contributed by atoms with Crippen LogP contribution in [0.25, 0.3) is 0 Å². The van der Waals surface area contributed by atoms with Crippen LogP contribution < -0.4 is 0 Å². The van der Waals surface area contributed by atoms with Gasteiger partial charge in [-0.1, -0.05) is 0 Å². The summed E-state index contributed by atoms with van der Waals surface area (Å²) in [5, 5.41) is 10.2. The van der Waals surface area contributed by atoms with Gasteiger partial charge in [0, 0.05) is 31.8 Å². The van der Waals surface area contributed by atoms with Crippen LogP contribution in [0, 0.1) is 11.6 Å². The SMILES string of the molecule is OC1CCCOC12CCN(Cc1cc(F)ccc1F)CC2. The van der Waals surface area contributed by atoms with E-state index in [-0.39, 0.29) is 5.82 Å². The van der Waals surface area contributed by atoms with Crippen molar-refractivity contribution in [2.24, 2.45) is 0 Å². The largest absolute Gasteiger partial charge is 0.390 e. The first-order valence-electron chi connectivity index (χ1n) is 7.57. The molecule has 0 radical (unpaired) electrons. The summed E-state index contributed by atoms with van der Waals surface area (Å²) >= 11 is 0. The maximum Gasteiger partial charge on any atom is 0.127 e. The third-order valence-electron chi connectivity index (χ3n) is 4.72. The monoisotopic (exact) mass is 297 g/mol. The van der Waals surface area contributed by atoms with Crippen LogP contribution in [0.15, 0.2) is 18.2 Å². The molecule has 5 heteroatoms. The van der Waals surface area contributed by atoms with E-state index in [0.717, 1.165) is 44.8 Å². The topological polar surface area (TPSA) is 32.7 Å². The number of benzene rings is 1. The maximum atomic E-state index is 13.7. The van der Waals surface area contributed by atoms with Gasteiger partial charge in [-0.3, -0.25) is 4.90 Å². The van der Waals surface area contributed by atoms with Crippen molar-refractivity contribution < 1.29 is 18.6 Å². The fraction of sp³-hybridized carbons (Fsp3) is 0.625. The Morgan fingerprint density at radius 2 is 2.05 bits per heavy atom. The zero-order chi connectivity index (χ0) is 14.9. The average Bonchev–Trinajstić information content (AvgIpc) is 2.48. The first kappa shape index (κ1) is 14.9. The molecule has 2 fully saturated rings. The quantitative estimate of drug-likeness (QED) is 0.910. The smallest absolute Gasteiger partial charge is 0.127 e. The Morgan fingerprint density at radius 1 is 1.29 bits per heavy atom. The molecule has 2 saturated heterocycles. The van der Waals surface area contributed by atoms with E-state index in [1.54, 1.807) is 0 Å². The van der Waals surface area contributed by atoms with Gasteiger partial charge < -0.3 is 9.84 Å². The van der Waals surface area contributed by atoms with Gasteiger partial charge in [0.15, 0.2) is 0 Å². The second kappa shape index (κ2) is 5.99. The van der Waals surface area contributed by atoms with Gasteiger partial charge in [-0.2, -0.15) is 0 Å². The predicted molar refractivity (Wildman–Crippen MR) is 74.8 cm³/mol. The molecule has 1 aromatic rings. The Kier molecular flexibility index (Phi) is 4.24. The van der Waals surface area contributed by atoms with Gasteiger partial charge in [-0.25, -0.2) is 8.78 Å². The van der Waals surface area contributed by atoms with E-state index >= 15 is 0 Å². The van der Waals surface area contributed by atoms with E-state index < -0.39 is 17.5 Å². The number of piperidine rings is 1. The molecular weight excluding hydrogens is 276 g/mol. The van der Waals surface area contributed by atoms with Gasteiger partial charge in [0.05, 0.1) is 11.7 Å². The number of aliphatic hydroxyl groups is 1. The molecule has 1 N–H and O–H groups in total. The maximum absolute atomic E-state index is 13.7. The van der Waals surface area contributed by atoms with Gasteiger partial charge in [0.25, 0.3) is 0 Å². The van der Waals surface area contributed by atoms with E-state index in [9.17, 15) is 13.9 Å². The van der Waals surface area contributed by atoms with Crippen molar-refractivity contribution >= 4 is 0 Å². The highest BCUT2D eigenvalue weighted by Gasteiger charge is 2.43. The Morgan fingerprint density at radius 3 is 2.76 bits per heavy atom. The molecule has 0 saturated carbocycles. The lowest BCUT2D eigenvalue weighted by molar-refractivity contribution is -0.177. The number of hydrogen-bond acceptors (Lipinski definition) is 3. The van der Waals surface area contributed by atoms with Crippen molar-refractivity contribution in [1.29, 1.82) is 0 Å². The first-order valence-corrected chi connectivity index (χ1v) is 7.57. The highest BCUT2D eigenvalue weighted by Crippen LogP contribution is 2.35. The highest BCUT2D eigenvalue weighted by atomic mass is 19.1. The molecule has 0 bridgehead atoms. The van der Waals surface area contributed by atoms with Crippen LogP contribution in [0.3, 0.4) is 0 Å². The summed E-state index contributed by atoms with van der Waals surface area (Å²) < 4.78 is 32.7. The van der Waals surface area contributed by atoms with E-state index in [1.165, 1.54) is 12.1 Å². The van der Waals surface area contributed by atoms with Crippen molar-refractivity contribution in [3.63, 3.8) is 0 Å². The lowest BCUT2D eigenvalue weighted by atomic mass is 9.82. The van der Waals surface area contributed by atoms with Gasteiger partial charge in [0.1, 0.15) is 11.6 Å². The molecule has 0 amide bonds. The third kappa shape index (κ3) is 3.10. The van der Waals surface area contributed by atoms with Gasteiger partial charge in [-0.05, 0) is 43.9 Å². The number of halogens is 2. The Bertz CT molecular complexity index is 501. The summed E-state index contributed by atoms with van der Waals surface area (Å²) in [5.74, 6) is -0.781. The van der Waals surface area contributed by atoms with Crippen LogP contribution in [0.4, 0.5) is 8.78 Å². The van der Waals surface area contributed by atoms with Gasteiger partial charge >= 0.3 is 0 Å². The minimum absolute atomic E-state index is 0.370. The minimum Gasteiger partial charge on any atom is -0.390 e. The second-order valence-corrected chi connectivity index (χ2v) is 6.08. The number of rotatable bonds is 2. The van der Waals surface area contributed by atoms with Gasteiger partial charge in [-0.15, -0.1) is 0 Å². The standard InChI is InChI=1S/C16H21F2NO2/c17-13-3-4-14(18)12(10-13)11-19-7-5-16(6-8-19)15(20)2-1-9-21-16/h3-4,10,15,20H,1-2,5-9,11H2. The Hall–Kier alpha value is -1.04. The molecule has 0 aromatic heterocycles. The summed E-state index contributed by atoms with van der Waals surface area (Å²) in [7, 11) is 0. The van der Waals surface area contributed by atoms with E-state index in [4.69, 9.17) is 4.74 Å². The average molecular weight is 297 g/mol. The molecule has 2 heterocycles. The first-order chi connectivity index (χ1) is 10.1. The fourth-order valence-corrected chi connectivity index (χ4v) is 3.38. The molecule has 3 rings (SSSR count). The lowest BCUT2D eigenvalue weighted by Gasteiger charge is -2.46. The number of ether oxygens (including phenoxy) is 1. The molecule has 3 nitrogen and oxygen atoms in total. The minimum atomic E-state index is -0.421. The third-order valence-corrected chi connectivity index (χ3v) is 4.72. The molecule has 1 aromatic carbocycles. The molecule has 1 spiro atoms. The molecule has 0 aliphatic carbocycles. The van der Waals surface area contributed by atoms with Crippen LogP contribution in [-0.4, -0.2) is 41.4 Å². The number of likely N-dealkylation sites (tertiary alicyclic amines) is 1. The number of hydrogen-bond donors (Lipinski definition) is 1. The van der Waals surface area contributed by atoms with E-state index in [2.05, 4.69) is 4.90 Å². The van der Waals surface area contributed by atoms with Crippen molar-refractivity contribution in [3.8, 4) is 0 Å². The predicted octanol–water partition coefficient (Wildman–Crippen LogP) is 2.47. The van der Waals surface area contributed by atoms with E-state index in [0.29, 0.717) is 18.7 Å². The van der Waals surface area contributed by atoms with Crippen LogP contribution in [-0.2, 0) is 11.3 Å². The zero-order valence-electron chi connectivity index (χ0n) is 12.0. The molecule has 1 unspecified atom stereocenters. The van der Waals surface area contributed by atoms with Crippen molar-refractivity contribution in [2.45, 2.75) is 43.9 Å². The van der Waals surface area contributed by atoms with Crippen LogP contribution in [0.5, 0.6) is 0 Å². The molecular formula is C16H21F2NO2. The highest BCUT2D eigenvalue weighted by molar-refractivity contribution is 5.18. The second-order valence-electron chi connectivity index (χ2n) is 6.08.